The molecule has 3 atom stereocenters. The zero-order valence-electron chi connectivity index (χ0n) is 16.7. The number of benzene rings is 1. The summed E-state index contributed by atoms with van der Waals surface area (Å²) < 4.78 is 5.15. The minimum atomic E-state index is -0.405. The lowest BCUT2D eigenvalue weighted by Crippen LogP contribution is -2.45. The monoisotopic (exact) mass is 400 g/mol. The van der Waals surface area contributed by atoms with E-state index >= 15 is 0 Å². The SMILES string of the molecule is Cc1cc(SCC(=O)OCC(=O)N[C@@H]2CCC[C@@H](C)[C@@H]2C)nc2ccccc12. The summed E-state index contributed by atoms with van der Waals surface area (Å²) >= 11 is 1.33. The summed E-state index contributed by atoms with van der Waals surface area (Å²) in [7, 11) is 0. The van der Waals surface area contributed by atoms with Gasteiger partial charge < -0.3 is 10.1 Å². The number of nitrogens with one attached hydrogen (secondary N) is 1. The van der Waals surface area contributed by atoms with Crippen LogP contribution < -0.4 is 5.32 Å². The lowest BCUT2D eigenvalue weighted by atomic mass is 9.78. The van der Waals surface area contributed by atoms with Gasteiger partial charge in [-0.15, -0.1) is 0 Å². The summed E-state index contributed by atoms with van der Waals surface area (Å²) in [5.74, 6) is 0.568. The van der Waals surface area contributed by atoms with Crippen molar-refractivity contribution >= 4 is 34.5 Å². The highest BCUT2D eigenvalue weighted by Crippen LogP contribution is 2.29. The number of pyridine rings is 1. The van der Waals surface area contributed by atoms with Crippen molar-refractivity contribution in [1.29, 1.82) is 0 Å². The number of thioether (sulfide) groups is 1. The Bertz CT molecular complexity index is 855. The lowest BCUT2D eigenvalue weighted by molar-refractivity contribution is -0.146. The summed E-state index contributed by atoms with van der Waals surface area (Å²) in [6.45, 7) is 6.21. The molecule has 0 aliphatic heterocycles. The molecule has 1 heterocycles. The van der Waals surface area contributed by atoms with Gasteiger partial charge in [0.1, 0.15) is 0 Å². The van der Waals surface area contributed by atoms with Crippen LogP contribution in [-0.2, 0) is 14.3 Å². The van der Waals surface area contributed by atoms with Crippen molar-refractivity contribution in [2.24, 2.45) is 11.8 Å². The summed E-state index contributed by atoms with van der Waals surface area (Å²) in [6.07, 6.45) is 3.33. The average Bonchev–Trinajstić information content (AvgIpc) is 2.68. The molecule has 1 amide bonds. The van der Waals surface area contributed by atoms with Crippen LogP contribution in [-0.4, -0.2) is 35.3 Å². The number of amides is 1. The van der Waals surface area contributed by atoms with E-state index in [1.165, 1.54) is 18.2 Å². The van der Waals surface area contributed by atoms with Gasteiger partial charge in [0.2, 0.25) is 0 Å². The Morgan fingerprint density at radius 1 is 1.25 bits per heavy atom. The molecule has 1 fully saturated rings. The summed E-state index contributed by atoms with van der Waals surface area (Å²) in [5.41, 5.74) is 2.03. The predicted molar refractivity (Wildman–Crippen MR) is 112 cm³/mol. The number of esters is 1. The lowest BCUT2D eigenvalue weighted by Gasteiger charge is -2.34. The minimum Gasteiger partial charge on any atom is -0.455 e. The van der Waals surface area contributed by atoms with Gasteiger partial charge in [-0.3, -0.25) is 9.59 Å². The van der Waals surface area contributed by atoms with Crippen molar-refractivity contribution in [1.82, 2.24) is 10.3 Å². The smallest absolute Gasteiger partial charge is 0.316 e. The number of hydrogen-bond donors (Lipinski definition) is 1. The standard InChI is InChI=1S/C22H28N2O3S/c1-14-7-6-10-18(16(14)3)23-20(25)12-27-22(26)13-28-21-11-15(2)17-8-4-5-9-19(17)24-21/h4-5,8-9,11,14,16,18H,6-7,10,12-13H2,1-3H3,(H,23,25)/t14-,16+,18-/m1/s1. The number of aryl methyl sites for hydroxylation is 1. The van der Waals surface area contributed by atoms with Crippen LogP contribution in [0.25, 0.3) is 10.9 Å². The van der Waals surface area contributed by atoms with E-state index in [9.17, 15) is 9.59 Å². The molecule has 28 heavy (non-hydrogen) atoms. The van der Waals surface area contributed by atoms with Gasteiger partial charge in [-0.25, -0.2) is 4.98 Å². The third-order valence-electron chi connectivity index (χ3n) is 5.65. The molecule has 0 radical (unpaired) electrons. The maximum atomic E-state index is 12.1. The Kier molecular flexibility index (Phi) is 6.94. The van der Waals surface area contributed by atoms with E-state index in [-0.39, 0.29) is 24.3 Å². The second-order valence-corrected chi connectivity index (χ2v) is 8.68. The maximum Gasteiger partial charge on any atom is 0.316 e. The minimum absolute atomic E-state index is 0.134. The molecule has 2 aromatic rings. The molecule has 0 spiro atoms. The van der Waals surface area contributed by atoms with E-state index in [4.69, 9.17) is 4.74 Å². The maximum absolute atomic E-state index is 12.1. The van der Waals surface area contributed by atoms with Gasteiger partial charge in [0, 0.05) is 11.4 Å². The highest BCUT2D eigenvalue weighted by molar-refractivity contribution is 7.99. The van der Waals surface area contributed by atoms with Crippen molar-refractivity contribution in [3.63, 3.8) is 0 Å². The molecule has 5 nitrogen and oxygen atoms in total. The van der Waals surface area contributed by atoms with Gasteiger partial charge in [0.05, 0.1) is 16.3 Å². The quantitative estimate of drug-likeness (QED) is 0.584. The van der Waals surface area contributed by atoms with Crippen LogP contribution in [0.3, 0.4) is 0 Å². The Balaban J connectivity index is 1.45. The van der Waals surface area contributed by atoms with Crippen molar-refractivity contribution in [2.75, 3.05) is 12.4 Å². The van der Waals surface area contributed by atoms with Crippen LogP contribution in [0.2, 0.25) is 0 Å². The van der Waals surface area contributed by atoms with E-state index in [0.717, 1.165) is 34.3 Å². The molecule has 3 rings (SSSR count). The van der Waals surface area contributed by atoms with Crippen LogP contribution in [0.4, 0.5) is 0 Å². The Hall–Kier alpha value is -2.08. The third kappa shape index (κ3) is 5.25. The van der Waals surface area contributed by atoms with Crippen molar-refractivity contribution < 1.29 is 14.3 Å². The number of rotatable bonds is 6. The molecule has 6 heteroatoms. The zero-order valence-corrected chi connectivity index (χ0v) is 17.6. The second kappa shape index (κ2) is 9.41. The van der Waals surface area contributed by atoms with Gasteiger partial charge in [-0.1, -0.05) is 56.7 Å². The molecular formula is C22H28N2O3S. The molecule has 1 aromatic heterocycles. The number of para-hydroxylation sites is 1. The zero-order chi connectivity index (χ0) is 20.1. The second-order valence-electron chi connectivity index (χ2n) is 7.69. The first-order valence-electron chi connectivity index (χ1n) is 9.88. The molecule has 0 bridgehead atoms. The number of aromatic nitrogens is 1. The van der Waals surface area contributed by atoms with Crippen LogP contribution in [0, 0.1) is 18.8 Å². The van der Waals surface area contributed by atoms with E-state index in [1.54, 1.807) is 0 Å². The Morgan fingerprint density at radius 2 is 2.04 bits per heavy atom. The third-order valence-corrected chi connectivity index (χ3v) is 6.54. The van der Waals surface area contributed by atoms with E-state index < -0.39 is 5.97 Å². The van der Waals surface area contributed by atoms with Crippen LogP contribution in [0.1, 0.15) is 38.7 Å². The molecule has 1 N–H and O–H groups in total. The Labute approximate surface area is 170 Å². The fourth-order valence-electron chi connectivity index (χ4n) is 3.75. The first-order chi connectivity index (χ1) is 13.4. The molecule has 1 aliphatic carbocycles. The van der Waals surface area contributed by atoms with Gasteiger partial charge in [-0.05, 0) is 42.9 Å². The predicted octanol–water partition coefficient (Wildman–Crippen LogP) is 4.12. The first-order valence-corrected chi connectivity index (χ1v) is 10.9. The molecule has 1 aromatic carbocycles. The Morgan fingerprint density at radius 3 is 2.86 bits per heavy atom. The number of hydrogen-bond acceptors (Lipinski definition) is 5. The highest BCUT2D eigenvalue weighted by Gasteiger charge is 2.28. The van der Waals surface area contributed by atoms with Crippen LogP contribution in [0.15, 0.2) is 35.4 Å². The molecule has 0 unspecified atom stereocenters. The van der Waals surface area contributed by atoms with Gasteiger partial charge in [0.25, 0.3) is 5.91 Å². The number of fused-ring (bicyclic) bond motifs is 1. The van der Waals surface area contributed by atoms with Crippen molar-refractivity contribution in [3.05, 3.63) is 35.9 Å². The van der Waals surface area contributed by atoms with E-state index in [1.807, 2.05) is 37.3 Å². The van der Waals surface area contributed by atoms with Crippen LogP contribution >= 0.6 is 11.8 Å². The first kappa shape index (κ1) is 20.6. The van der Waals surface area contributed by atoms with Crippen LogP contribution in [0.5, 0.6) is 0 Å². The topological polar surface area (TPSA) is 68.3 Å². The van der Waals surface area contributed by atoms with Crippen molar-refractivity contribution in [3.8, 4) is 0 Å². The fourth-order valence-corrected chi connectivity index (χ4v) is 4.52. The largest absolute Gasteiger partial charge is 0.455 e. The van der Waals surface area contributed by atoms with Gasteiger partial charge >= 0.3 is 5.97 Å². The molecule has 1 saturated carbocycles. The number of ether oxygens (including phenoxy) is 1. The fraction of sp³-hybridized carbons (Fsp3) is 0.500. The normalized spacial score (nSPS) is 22.0. The number of carbonyl (C=O) groups is 2. The van der Waals surface area contributed by atoms with Gasteiger partial charge in [0.15, 0.2) is 6.61 Å². The summed E-state index contributed by atoms with van der Waals surface area (Å²) in [5, 5.41) is 4.91. The number of nitrogens with zero attached hydrogens (tertiary/aromatic N) is 1. The molecular weight excluding hydrogens is 372 g/mol. The molecule has 150 valence electrons. The highest BCUT2D eigenvalue weighted by atomic mass is 32.2. The average molecular weight is 401 g/mol. The van der Waals surface area contributed by atoms with E-state index in [0.29, 0.717) is 11.8 Å². The van der Waals surface area contributed by atoms with E-state index in [2.05, 4.69) is 24.1 Å². The number of carbonyl (C=O) groups excluding carboxylic acids is 2. The van der Waals surface area contributed by atoms with Gasteiger partial charge in [-0.2, -0.15) is 0 Å². The van der Waals surface area contributed by atoms with Crippen molar-refractivity contribution in [2.45, 2.75) is 51.1 Å². The molecule has 0 saturated heterocycles. The summed E-state index contributed by atoms with van der Waals surface area (Å²) in [4.78, 5) is 28.7. The molecule has 1 aliphatic rings. The summed E-state index contributed by atoms with van der Waals surface area (Å²) in [6, 6.07) is 10.1.